The summed E-state index contributed by atoms with van der Waals surface area (Å²) in [6.45, 7) is -0.423. The molecule has 0 bridgehead atoms. The number of hydrogen-bond donors (Lipinski definition) is 0. The molecule has 14 aromatic rings. The average molecular weight is 1190 g/mol. The summed E-state index contributed by atoms with van der Waals surface area (Å²) in [4.78, 5) is 9.77. The van der Waals surface area contributed by atoms with Crippen molar-refractivity contribution in [3.8, 4) is 34.1 Å². The van der Waals surface area contributed by atoms with Crippen molar-refractivity contribution in [2.45, 2.75) is 5.41 Å². The SMILES string of the molecule is c1ccc(N(c2ccccc2)c2cc3c4c(c2)Oc2cc5c(cc2B4c2ccccc2O3)B2c3ccccc3N(c3ccccc3)c3cc(N(c4ccccc4)c4ccccc4)cc(c32)N5c2ccc3c(c2)-c2ccccc2C3(c2ccccc2)c2ccccc2)cc1. The van der Waals surface area contributed by atoms with Crippen molar-refractivity contribution in [1.82, 2.24) is 0 Å². The van der Waals surface area contributed by atoms with E-state index in [1.165, 1.54) is 49.8 Å². The predicted molar refractivity (Wildman–Crippen MR) is 385 cm³/mol. The number of nitrogens with zero attached hydrogens (tertiary/aromatic N) is 4. The summed E-state index contributed by atoms with van der Waals surface area (Å²) in [5.74, 6) is 3.16. The van der Waals surface area contributed by atoms with Gasteiger partial charge in [-0.2, -0.15) is 0 Å². The van der Waals surface area contributed by atoms with Crippen LogP contribution in [0.4, 0.5) is 68.2 Å². The van der Waals surface area contributed by atoms with Crippen LogP contribution in [0.15, 0.2) is 340 Å². The van der Waals surface area contributed by atoms with E-state index >= 15 is 0 Å². The van der Waals surface area contributed by atoms with Crippen molar-refractivity contribution in [2.24, 2.45) is 0 Å². The molecule has 8 heteroatoms. The number of fused-ring (bicyclic) bond motifs is 11. The summed E-state index contributed by atoms with van der Waals surface area (Å²) in [5.41, 5.74) is 26.2. The van der Waals surface area contributed by atoms with Gasteiger partial charge in [0.2, 0.25) is 0 Å². The Morgan fingerprint density at radius 1 is 0.258 bits per heavy atom. The number of para-hydroxylation sites is 7. The first kappa shape index (κ1) is 52.9. The minimum Gasteiger partial charge on any atom is -0.458 e. The van der Waals surface area contributed by atoms with E-state index in [0.717, 1.165) is 108 Å². The predicted octanol–water partition coefficient (Wildman–Crippen LogP) is 17.8. The maximum absolute atomic E-state index is 7.66. The largest absolute Gasteiger partial charge is 0.458 e. The van der Waals surface area contributed by atoms with Crippen molar-refractivity contribution in [2.75, 3.05) is 19.6 Å². The van der Waals surface area contributed by atoms with Gasteiger partial charge in [0.25, 0.3) is 13.4 Å². The van der Waals surface area contributed by atoms with Gasteiger partial charge in [-0.25, -0.2) is 0 Å². The van der Waals surface area contributed by atoms with Crippen LogP contribution in [-0.2, 0) is 5.41 Å². The van der Waals surface area contributed by atoms with Gasteiger partial charge in [0.15, 0.2) is 0 Å². The lowest BCUT2D eigenvalue weighted by atomic mass is 9.31. The van der Waals surface area contributed by atoms with E-state index in [2.05, 4.69) is 359 Å². The molecule has 0 aromatic heterocycles. The normalized spacial score (nSPS) is 13.5. The van der Waals surface area contributed by atoms with E-state index < -0.39 is 5.41 Å². The van der Waals surface area contributed by atoms with Gasteiger partial charge in [-0.1, -0.05) is 224 Å². The molecule has 0 N–H and O–H groups in total. The summed E-state index contributed by atoms with van der Waals surface area (Å²) < 4.78 is 14.8. The topological polar surface area (TPSA) is 31.4 Å². The van der Waals surface area contributed by atoms with Crippen molar-refractivity contribution in [3.05, 3.63) is 362 Å². The first-order valence-corrected chi connectivity index (χ1v) is 32.0. The third kappa shape index (κ3) is 8.05. The van der Waals surface area contributed by atoms with Crippen LogP contribution < -0.4 is 61.9 Å². The fourth-order valence-electron chi connectivity index (χ4n) is 16.0. The Kier molecular flexibility index (Phi) is 12.0. The summed E-state index contributed by atoms with van der Waals surface area (Å²) in [6.07, 6.45) is 0. The van der Waals surface area contributed by atoms with Crippen molar-refractivity contribution >= 4 is 114 Å². The van der Waals surface area contributed by atoms with Crippen LogP contribution in [0.1, 0.15) is 22.3 Å². The summed E-state index contributed by atoms with van der Waals surface area (Å²) in [5, 5.41) is 0. The molecular formula is C85H56B2N4O2. The fraction of sp³-hybridized carbons (Fsp3) is 0.0118. The number of hydrogen-bond acceptors (Lipinski definition) is 6. The van der Waals surface area contributed by atoms with E-state index in [1.54, 1.807) is 0 Å². The number of ether oxygens (including phenoxy) is 2. The van der Waals surface area contributed by atoms with E-state index in [9.17, 15) is 0 Å². The molecule has 0 amide bonds. The molecule has 14 aromatic carbocycles. The molecule has 0 saturated carbocycles. The highest BCUT2D eigenvalue weighted by Gasteiger charge is 2.50. The van der Waals surface area contributed by atoms with Crippen molar-refractivity contribution in [3.63, 3.8) is 0 Å². The standard InChI is InChI=1S/C85H56B2N4O2/c1-8-28-57(29-9-1)85(58-30-10-2-11-31-58)69-43-23-22-42-67(69)68-50-64(48-49-70(68)85)91-76-56-80-74(87-72-45-25-27-47-79(72)92-81-53-66(54-82(93-80)84(81)87)89(61-36-16-5-17-37-61)62-38-18-6-19-39-62)55-73(76)86-71-44-24-26-46-75(71)90(63-40-20-7-21-41-63)77-51-65(52-78(91)83(77)86)88(59-32-12-3-13-33-59)60-34-14-4-15-35-60/h1-56H. The zero-order valence-electron chi connectivity index (χ0n) is 50.6. The number of rotatable bonds is 10. The molecule has 19 rings (SSSR count). The van der Waals surface area contributed by atoms with Gasteiger partial charge in [0.05, 0.1) is 16.8 Å². The lowest BCUT2D eigenvalue weighted by molar-refractivity contribution is 0.465. The smallest absolute Gasteiger partial charge is 0.260 e. The van der Waals surface area contributed by atoms with E-state index in [4.69, 9.17) is 9.47 Å². The van der Waals surface area contributed by atoms with Gasteiger partial charge >= 0.3 is 0 Å². The average Bonchev–Trinajstić information content (AvgIpc) is 0.735. The minimum absolute atomic E-state index is 0.207. The van der Waals surface area contributed by atoms with Gasteiger partial charge in [0, 0.05) is 80.5 Å². The molecule has 93 heavy (non-hydrogen) atoms. The molecule has 0 fully saturated rings. The van der Waals surface area contributed by atoms with Crippen LogP contribution in [-0.4, -0.2) is 13.4 Å². The van der Waals surface area contributed by atoms with Crippen LogP contribution in [0.2, 0.25) is 0 Å². The third-order valence-corrected chi connectivity index (χ3v) is 19.7. The Labute approximate surface area is 541 Å². The second-order valence-corrected chi connectivity index (χ2v) is 24.6. The maximum atomic E-state index is 7.66. The molecule has 434 valence electrons. The highest BCUT2D eigenvalue weighted by Crippen LogP contribution is 2.58. The van der Waals surface area contributed by atoms with Gasteiger partial charge in [-0.3, -0.25) is 0 Å². The first-order valence-electron chi connectivity index (χ1n) is 32.0. The van der Waals surface area contributed by atoms with Crippen molar-refractivity contribution < 1.29 is 9.47 Å². The van der Waals surface area contributed by atoms with Crippen LogP contribution >= 0.6 is 0 Å². The quantitative estimate of drug-likeness (QED) is 0.127. The second-order valence-electron chi connectivity index (χ2n) is 24.6. The molecule has 6 nitrogen and oxygen atoms in total. The second kappa shape index (κ2) is 21.1. The third-order valence-electron chi connectivity index (χ3n) is 19.7. The van der Waals surface area contributed by atoms with Crippen LogP contribution in [0, 0.1) is 0 Å². The Morgan fingerprint density at radius 3 is 1.30 bits per heavy atom. The van der Waals surface area contributed by atoms with E-state index in [0.29, 0.717) is 0 Å². The first-order chi connectivity index (χ1) is 46.2. The summed E-state index contributed by atoms with van der Waals surface area (Å²) in [7, 11) is 0. The van der Waals surface area contributed by atoms with Gasteiger partial charge < -0.3 is 29.1 Å². The molecule has 0 radical (unpaired) electrons. The van der Waals surface area contributed by atoms with Crippen LogP contribution in [0.25, 0.3) is 11.1 Å². The van der Waals surface area contributed by atoms with Gasteiger partial charge in [0.1, 0.15) is 23.0 Å². The molecule has 0 saturated heterocycles. The Balaban J connectivity index is 0.909. The lowest BCUT2D eigenvalue weighted by Crippen LogP contribution is -2.64. The zero-order chi connectivity index (χ0) is 61.1. The molecule has 0 spiro atoms. The summed E-state index contributed by atoms with van der Waals surface area (Å²) in [6, 6.07) is 124. The highest BCUT2D eigenvalue weighted by molar-refractivity contribution is 7.02. The van der Waals surface area contributed by atoms with Crippen LogP contribution in [0.3, 0.4) is 0 Å². The Hall–Kier alpha value is -12.0. The van der Waals surface area contributed by atoms with Crippen LogP contribution in [0.5, 0.6) is 23.0 Å². The molecule has 0 atom stereocenters. The molecule has 4 heterocycles. The minimum atomic E-state index is -0.586. The maximum Gasteiger partial charge on any atom is 0.260 e. The lowest BCUT2D eigenvalue weighted by Gasteiger charge is -2.45. The number of anilines is 12. The monoisotopic (exact) mass is 1190 g/mol. The highest BCUT2D eigenvalue weighted by atomic mass is 16.5. The Morgan fingerprint density at radius 2 is 0.710 bits per heavy atom. The van der Waals surface area contributed by atoms with Crippen molar-refractivity contribution in [1.29, 1.82) is 0 Å². The van der Waals surface area contributed by atoms with E-state index in [-0.39, 0.29) is 13.4 Å². The molecule has 5 aliphatic rings. The van der Waals surface area contributed by atoms with Gasteiger partial charge in [-0.05, 0) is 158 Å². The van der Waals surface area contributed by atoms with E-state index in [1.807, 2.05) is 0 Å². The zero-order valence-corrected chi connectivity index (χ0v) is 50.6. The molecule has 0 unspecified atom stereocenters. The molecule has 1 aliphatic carbocycles. The fourth-order valence-corrected chi connectivity index (χ4v) is 16.0. The Bertz CT molecular complexity index is 5140. The van der Waals surface area contributed by atoms with Gasteiger partial charge in [-0.15, -0.1) is 0 Å². The number of benzene rings is 14. The molecule has 4 aliphatic heterocycles. The summed E-state index contributed by atoms with van der Waals surface area (Å²) >= 11 is 0. The molecular weight excluding hydrogens is 1130 g/mol.